The maximum Gasteiger partial charge on any atom is 0.338 e. The van der Waals surface area contributed by atoms with Gasteiger partial charge in [0.05, 0.1) is 7.11 Å². The van der Waals surface area contributed by atoms with Gasteiger partial charge >= 0.3 is 11.9 Å². The van der Waals surface area contributed by atoms with Crippen molar-refractivity contribution < 1.29 is 43.9 Å². The van der Waals surface area contributed by atoms with Crippen LogP contribution in [0.25, 0.3) is 0 Å². The summed E-state index contributed by atoms with van der Waals surface area (Å²) in [6.45, 7) is 4.04. The Labute approximate surface area is 221 Å². The maximum absolute atomic E-state index is 13.0. The van der Waals surface area contributed by atoms with Crippen LogP contribution >= 0.6 is 0 Å². The van der Waals surface area contributed by atoms with Crippen molar-refractivity contribution in [2.45, 2.75) is 81.4 Å². The first-order chi connectivity index (χ1) is 18.0. The number of carboxylic acid groups (broad SMARTS) is 1. The Bertz CT molecular complexity index is 1140. The number of aliphatic hydroxyl groups is 2. The number of nitrogens with zero attached hydrogens (tertiary/aromatic N) is 1. The van der Waals surface area contributed by atoms with Crippen molar-refractivity contribution in [2.24, 2.45) is 11.8 Å². The third-order valence-electron chi connectivity index (χ3n) is 9.05. The molecule has 11 nitrogen and oxygen atoms in total. The van der Waals surface area contributed by atoms with Gasteiger partial charge in [0.2, 0.25) is 0 Å². The van der Waals surface area contributed by atoms with Gasteiger partial charge in [-0.05, 0) is 62.7 Å². The van der Waals surface area contributed by atoms with E-state index in [4.69, 9.17) is 14.2 Å². The summed E-state index contributed by atoms with van der Waals surface area (Å²) in [6, 6.07) is 3.04. The Balaban J connectivity index is 1.37. The zero-order chi connectivity index (χ0) is 27.5. The molecule has 4 unspecified atom stereocenters. The number of aliphatic carboxylic acids is 1. The first-order valence-electron chi connectivity index (χ1n) is 13.2. The lowest BCUT2D eigenvalue weighted by Crippen LogP contribution is -2.66. The number of methoxy groups -OCH3 is 1. The summed E-state index contributed by atoms with van der Waals surface area (Å²) >= 11 is 0. The van der Waals surface area contributed by atoms with Crippen molar-refractivity contribution in [3.8, 4) is 11.5 Å². The molecule has 208 valence electrons. The number of carbonyl (C=O) groups is 3. The second kappa shape index (κ2) is 9.69. The lowest BCUT2D eigenvalue weighted by molar-refractivity contribution is -0.181. The minimum absolute atomic E-state index is 0.298. The number of rotatable bonds is 8. The fourth-order valence-electron chi connectivity index (χ4n) is 7.20. The van der Waals surface area contributed by atoms with Crippen LogP contribution in [0.4, 0.5) is 0 Å². The number of piperidine rings is 1. The van der Waals surface area contributed by atoms with Crippen LogP contribution in [0.2, 0.25) is 0 Å². The number of hydrogen-bond donors (Lipinski definition) is 4. The largest absolute Gasteiger partial charge is 0.493 e. The van der Waals surface area contributed by atoms with Gasteiger partial charge in [-0.15, -0.1) is 0 Å². The molecule has 0 aromatic heterocycles. The second-order valence-corrected chi connectivity index (χ2v) is 11.3. The quantitative estimate of drug-likeness (QED) is 0.342. The molecule has 1 aromatic carbocycles. The first kappa shape index (κ1) is 26.7. The molecule has 2 fully saturated rings. The third kappa shape index (κ3) is 3.94. The number of likely N-dealkylation sites (N-methyl/N-ethyl adjacent to an activating group) is 1. The van der Waals surface area contributed by atoms with Crippen LogP contribution in [0.3, 0.4) is 0 Å². The van der Waals surface area contributed by atoms with Crippen molar-refractivity contribution in [1.82, 2.24) is 10.2 Å². The molecule has 1 amide bonds. The predicted octanol–water partition coefficient (Wildman–Crippen LogP) is 0.223. The Kier molecular flexibility index (Phi) is 6.81. The lowest BCUT2D eigenvalue weighted by atomic mass is 9.51. The zero-order valence-corrected chi connectivity index (χ0v) is 22.0. The molecule has 1 spiro atoms. The average molecular weight is 533 g/mol. The summed E-state index contributed by atoms with van der Waals surface area (Å²) in [4.78, 5) is 39.2. The zero-order valence-electron chi connectivity index (χ0n) is 22.0. The number of amides is 1. The number of benzene rings is 1. The topological polar surface area (TPSA) is 155 Å². The number of hydrogen-bond acceptors (Lipinski definition) is 9. The molecule has 0 radical (unpaired) electrons. The van der Waals surface area contributed by atoms with Crippen molar-refractivity contribution in [3.05, 3.63) is 23.3 Å². The smallest absolute Gasteiger partial charge is 0.338 e. The Hall–Kier alpha value is -2.89. The van der Waals surface area contributed by atoms with Gasteiger partial charge in [0.25, 0.3) is 5.91 Å². The number of carboxylic acids is 1. The molecule has 4 aliphatic rings. The van der Waals surface area contributed by atoms with Gasteiger partial charge in [-0.1, -0.05) is 19.9 Å². The molecule has 2 aliphatic carbocycles. The van der Waals surface area contributed by atoms with E-state index in [1.54, 1.807) is 21.0 Å². The standard InChI is InChI=1S/C27H36N2O9/c1-12(2)19(25(33)34)28-24(32)20(30)21(31)26(35)37-17-8-6-14-15-11-13-5-7-16(36-4)22-18(13)27(14,23(17)38-22)9-10-29(15)3/h5,7,12,14-15,17,19-21,23,30-31H,6,8-11H2,1-4H3,(H,28,32)(H,33,34)/t14?,15-,17+,19?,20?,21?,23+,27+/m1/s1. The molecule has 8 atom stereocenters. The van der Waals surface area contributed by atoms with E-state index in [2.05, 4.69) is 23.3 Å². The first-order valence-corrected chi connectivity index (χ1v) is 13.2. The molecule has 1 saturated carbocycles. The third-order valence-corrected chi connectivity index (χ3v) is 9.05. The van der Waals surface area contributed by atoms with Crippen LogP contribution in [0.1, 0.15) is 44.2 Å². The van der Waals surface area contributed by atoms with Crippen molar-refractivity contribution >= 4 is 17.8 Å². The van der Waals surface area contributed by atoms with E-state index in [0.717, 1.165) is 31.4 Å². The van der Waals surface area contributed by atoms with Gasteiger partial charge in [0.15, 0.2) is 23.7 Å². The fraction of sp³-hybridized carbons (Fsp3) is 0.667. The summed E-state index contributed by atoms with van der Waals surface area (Å²) in [5, 5.41) is 32.3. The normalized spacial score (nSPS) is 31.4. The van der Waals surface area contributed by atoms with E-state index in [0.29, 0.717) is 29.9 Å². The molecule has 2 bridgehead atoms. The summed E-state index contributed by atoms with van der Waals surface area (Å²) in [6.07, 6.45) is -2.57. The monoisotopic (exact) mass is 532 g/mol. The number of nitrogens with one attached hydrogen (secondary N) is 1. The molecule has 2 aliphatic heterocycles. The van der Waals surface area contributed by atoms with Gasteiger partial charge in [-0.3, -0.25) is 4.79 Å². The molecule has 38 heavy (non-hydrogen) atoms. The molecule has 5 rings (SSSR count). The van der Waals surface area contributed by atoms with Gasteiger partial charge in [-0.2, -0.15) is 0 Å². The number of ether oxygens (including phenoxy) is 3. The number of carbonyl (C=O) groups excluding carboxylic acids is 2. The van der Waals surface area contributed by atoms with Crippen LogP contribution in [0.5, 0.6) is 11.5 Å². The maximum atomic E-state index is 13.0. The minimum atomic E-state index is -2.19. The Morgan fingerprint density at radius 1 is 1.18 bits per heavy atom. The van der Waals surface area contributed by atoms with Gasteiger partial charge in [0, 0.05) is 17.0 Å². The number of aliphatic hydroxyl groups excluding tert-OH is 2. The van der Waals surface area contributed by atoms with Crippen molar-refractivity contribution in [3.63, 3.8) is 0 Å². The average Bonchev–Trinajstić information content (AvgIpc) is 3.24. The van der Waals surface area contributed by atoms with Crippen LogP contribution in [-0.2, 0) is 31.0 Å². The predicted molar refractivity (Wildman–Crippen MR) is 133 cm³/mol. The molecule has 1 saturated heterocycles. The second-order valence-electron chi connectivity index (χ2n) is 11.3. The van der Waals surface area contributed by atoms with Crippen LogP contribution in [0, 0.1) is 11.8 Å². The fourth-order valence-corrected chi connectivity index (χ4v) is 7.20. The molecule has 4 N–H and O–H groups in total. The molecule has 11 heteroatoms. The van der Waals surface area contributed by atoms with Crippen LogP contribution in [-0.4, -0.2) is 95.3 Å². The molecule has 1 aromatic rings. The van der Waals surface area contributed by atoms with Gasteiger partial charge in [-0.25, -0.2) is 9.59 Å². The molecule has 2 heterocycles. The van der Waals surface area contributed by atoms with Gasteiger partial charge < -0.3 is 39.7 Å². The highest BCUT2D eigenvalue weighted by atomic mass is 16.6. The van der Waals surface area contributed by atoms with Crippen molar-refractivity contribution in [1.29, 1.82) is 0 Å². The Morgan fingerprint density at radius 2 is 1.92 bits per heavy atom. The summed E-state index contributed by atoms with van der Waals surface area (Å²) in [7, 11) is 3.73. The van der Waals surface area contributed by atoms with E-state index in [9.17, 15) is 29.7 Å². The van der Waals surface area contributed by atoms with E-state index in [1.165, 1.54) is 5.56 Å². The van der Waals surface area contributed by atoms with E-state index in [-0.39, 0.29) is 5.41 Å². The van der Waals surface area contributed by atoms with E-state index < -0.39 is 54.2 Å². The summed E-state index contributed by atoms with van der Waals surface area (Å²) in [5.74, 6) is -2.48. The number of likely N-dealkylation sites (tertiary alicyclic amines) is 1. The summed E-state index contributed by atoms with van der Waals surface area (Å²) < 4.78 is 17.9. The van der Waals surface area contributed by atoms with E-state index in [1.807, 2.05) is 6.07 Å². The highest BCUT2D eigenvalue weighted by molar-refractivity contribution is 5.91. The van der Waals surface area contributed by atoms with Crippen molar-refractivity contribution in [2.75, 3.05) is 20.7 Å². The molecular formula is C27H36N2O9. The Morgan fingerprint density at radius 3 is 2.58 bits per heavy atom. The van der Waals surface area contributed by atoms with Crippen LogP contribution in [0.15, 0.2) is 12.1 Å². The lowest BCUT2D eigenvalue weighted by Gasteiger charge is -2.58. The summed E-state index contributed by atoms with van der Waals surface area (Å²) in [5.41, 5.74) is 1.96. The number of esters is 1. The SMILES string of the molecule is COc1ccc2c3c1O[C@H]1[C@@H](OC(=O)C(O)C(O)C(=O)NC(C(=O)O)C(C)C)CCC4[C@@H](C2)N(C)CC[C@@]341. The van der Waals surface area contributed by atoms with Gasteiger partial charge in [0.1, 0.15) is 18.2 Å². The highest BCUT2D eigenvalue weighted by Crippen LogP contribution is 2.64. The highest BCUT2D eigenvalue weighted by Gasteiger charge is 2.66. The van der Waals surface area contributed by atoms with E-state index >= 15 is 0 Å². The van der Waals surface area contributed by atoms with Crippen LogP contribution < -0.4 is 14.8 Å². The minimum Gasteiger partial charge on any atom is -0.493 e. The molecular weight excluding hydrogens is 496 g/mol.